The molecule has 0 unspecified atom stereocenters. The molecular weight excluding hydrogens is 264 g/mol. The van der Waals surface area contributed by atoms with Crippen molar-refractivity contribution in [1.82, 2.24) is 4.57 Å². The van der Waals surface area contributed by atoms with Crippen LogP contribution in [0.2, 0.25) is 0 Å². The molecule has 0 aliphatic heterocycles. The Kier molecular flexibility index (Phi) is 7.06. The highest BCUT2D eigenvalue weighted by molar-refractivity contribution is 5.48. The summed E-state index contributed by atoms with van der Waals surface area (Å²) in [6, 6.07) is 1.39. The number of ether oxygens (including phenoxy) is 3. The van der Waals surface area contributed by atoms with Crippen LogP contribution in [0.15, 0.2) is 17.1 Å². The summed E-state index contributed by atoms with van der Waals surface area (Å²) < 4.78 is 17.3. The van der Waals surface area contributed by atoms with Gasteiger partial charge in [-0.25, -0.2) is 0 Å². The molecule has 0 radical (unpaired) electrons. The summed E-state index contributed by atoms with van der Waals surface area (Å²) in [6.07, 6.45) is 2.09. The molecule has 7 heteroatoms. The molecule has 0 amide bonds. The molecule has 0 bridgehead atoms. The molecule has 0 fully saturated rings. The van der Waals surface area contributed by atoms with E-state index in [1.807, 2.05) is 13.8 Å². The molecule has 0 aliphatic carbocycles. The van der Waals surface area contributed by atoms with Gasteiger partial charge in [0.05, 0.1) is 6.61 Å². The summed E-state index contributed by atoms with van der Waals surface area (Å²) in [6.45, 7) is 4.86. The lowest BCUT2D eigenvalue weighted by Gasteiger charge is -2.17. The Bertz CT molecular complexity index is 455. The van der Waals surface area contributed by atoms with Gasteiger partial charge in [0, 0.05) is 26.0 Å². The van der Waals surface area contributed by atoms with E-state index in [2.05, 4.69) is 0 Å². The molecule has 1 aromatic rings. The Balaban J connectivity index is 2.41. The fourth-order valence-electron chi connectivity index (χ4n) is 1.59. The molecule has 0 atom stereocenters. The predicted octanol–water partition coefficient (Wildman–Crippen LogP) is 0.899. The van der Waals surface area contributed by atoms with E-state index in [0.717, 1.165) is 0 Å². The number of nitrogens with two attached hydrogens (primary N) is 1. The van der Waals surface area contributed by atoms with Gasteiger partial charge in [-0.05, 0) is 26.3 Å². The summed E-state index contributed by atoms with van der Waals surface area (Å²) in [7, 11) is 0. The third-order valence-electron chi connectivity index (χ3n) is 2.58. The molecule has 3 N–H and O–H groups in total. The third-order valence-corrected chi connectivity index (χ3v) is 2.58. The minimum Gasteiger partial charge on any atom is -0.506 e. The molecule has 20 heavy (non-hydrogen) atoms. The first kappa shape index (κ1) is 16.5. The maximum Gasteiger partial charge on any atom is 0.277 e. The van der Waals surface area contributed by atoms with Crippen LogP contribution in [0.25, 0.3) is 0 Å². The number of rotatable bonds is 9. The van der Waals surface area contributed by atoms with E-state index < -0.39 is 12.0 Å². The van der Waals surface area contributed by atoms with Crippen LogP contribution < -0.4 is 11.3 Å². The molecule has 1 aromatic heterocycles. The molecule has 0 spiro atoms. The number of aromatic nitrogens is 1. The van der Waals surface area contributed by atoms with Gasteiger partial charge >= 0.3 is 0 Å². The summed E-state index contributed by atoms with van der Waals surface area (Å²) in [5.74, 6) is -0.199. The van der Waals surface area contributed by atoms with Crippen molar-refractivity contribution in [2.45, 2.75) is 33.3 Å². The maximum absolute atomic E-state index is 11.7. The lowest BCUT2D eigenvalue weighted by atomic mass is 10.3. The third kappa shape index (κ3) is 4.84. The van der Waals surface area contributed by atoms with E-state index in [1.54, 1.807) is 0 Å². The first-order valence-corrected chi connectivity index (χ1v) is 6.62. The highest BCUT2D eigenvalue weighted by Crippen LogP contribution is 2.12. The fourth-order valence-corrected chi connectivity index (χ4v) is 1.59. The van der Waals surface area contributed by atoms with Crippen molar-refractivity contribution in [2.75, 3.05) is 25.6 Å². The number of nitrogen functional groups attached to an aromatic ring is 1. The number of pyridine rings is 1. The van der Waals surface area contributed by atoms with Crippen LogP contribution in [0.3, 0.4) is 0 Å². The van der Waals surface area contributed by atoms with Gasteiger partial charge in [0.2, 0.25) is 0 Å². The van der Waals surface area contributed by atoms with Crippen LogP contribution in [0.1, 0.15) is 20.3 Å². The minimum absolute atomic E-state index is 0.144. The van der Waals surface area contributed by atoms with E-state index in [1.165, 1.54) is 16.8 Å². The largest absolute Gasteiger partial charge is 0.506 e. The van der Waals surface area contributed by atoms with E-state index >= 15 is 0 Å². The van der Waals surface area contributed by atoms with Crippen molar-refractivity contribution >= 4 is 5.69 Å². The Morgan fingerprint density at radius 2 is 1.95 bits per heavy atom. The van der Waals surface area contributed by atoms with Gasteiger partial charge in [-0.2, -0.15) is 0 Å². The average Bonchev–Trinajstić information content (AvgIpc) is 2.43. The zero-order valence-corrected chi connectivity index (χ0v) is 11.9. The highest BCUT2D eigenvalue weighted by atomic mass is 16.8. The molecule has 1 rings (SSSR count). The normalized spacial score (nSPS) is 11.2. The second kappa shape index (κ2) is 8.57. The van der Waals surface area contributed by atoms with Crippen molar-refractivity contribution in [3.8, 4) is 5.75 Å². The average molecular weight is 286 g/mol. The van der Waals surface area contributed by atoms with E-state index in [4.69, 9.17) is 19.9 Å². The molecule has 0 aliphatic rings. The number of hydrogen-bond donors (Lipinski definition) is 2. The zero-order chi connectivity index (χ0) is 15.0. The molecule has 0 saturated carbocycles. The molecule has 1 heterocycles. The second-order valence-electron chi connectivity index (χ2n) is 4.04. The maximum atomic E-state index is 11.7. The smallest absolute Gasteiger partial charge is 0.277 e. The SMILES string of the molecule is CCOC(OCC)OCCCn1ccc(O)c(N)c1=O. The summed E-state index contributed by atoms with van der Waals surface area (Å²) in [4.78, 5) is 11.7. The molecular formula is C13H22N2O5. The Morgan fingerprint density at radius 3 is 2.55 bits per heavy atom. The summed E-state index contributed by atoms with van der Waals surface area (Å²) >= 11 is 0. The standard InChI is InChI=1S/C13H22N2O5/c1-3-18-13(19-4-2)20-9-5-7-15-8-6-10(16)11(14)12(15)17/h6,8,13,16H,3-5,7,9,14H2,1-2H3. The fraction of sp³-hybridized carbons (Fsp3) is 0.615. The Morgan fingerprint density at radius 1 is 1.30 bits per heavy atom. The van der Waals surface area contributed by atoms with Crippen LogP contribution in [0, 0.1) is 0 Å². The zero-order valence-electron chi connectivity index (χ0n) is 11.9. The minimum atomic E-state index is -0.674. The number of aromatic hydroxyl groups is 1. The van der Waals surface area contributed by atoms with Crippen LogP contribution in [0.4, 0.5) is 5.69 Å². The molecule has 114 valence electrons. The van der Waals surface area contributed by atoms with Gasteiger partial charge in [0.1, 0.15) is 11.4 Å². The van der Waals surface area contributed by atoms with E-state index in [9.17, 15) is 9.90 Å². The molecule has 7 nitrogen and oxygen atoms in total. The molecule has 0 saturated heterocycles. The first-order valence-electron chi connectivity index (χ1n) is 6.62. The van der Waals surface area contributed by atoms with Crippen molar-refractivity contribution < 1.29 is 19.3 Å². The monoisotopic (exact) mass is 286 g/mol. The van der Waals surface area contributed by atoms with Gasteiger partial charge in [-0.1, -0.05) is 0 Å². The van der Waals surface area contributed by atoms with Crippen molar-refractivity contribution in [2.24, 2.45) is 0 Å². The molecule has 0 aromatic carbocycles. The Labute approximate surface area is 117 Å². The predicted molar refractivity (Wildman–Crippen MR) is 74.4 cm³/mol. The number of hydrogen-bond acceptors (Lipinski definition) is 6. The van der Waals surface area contributed by atoms with Gasteiger partial charge in [0.15, 0.2) is 0 Å². The van der Waals surface area contributed by atoms with Crippen LogP contribution in [0.5, 0.6) is 5.75 Å². The van der Waals surface area contributed by atoms with Crippen LogP contribution >= 0.6 is 0 Å². The number of anilines is 1. The Hall–Kier alpha value is -1.57. The van der Waals surface area contributed by atoms with Gasteiger partial charge in [-0.15, -0.1) is 0 Å². The van der Waals surface area contributed by atoms with Crippen molar-refractivity contribution in [3.63, 3.8) is 0 Å². The van der Waals surface area contributed by atoms with Crippen molar-refractivity contribution in [3.05, 3.63) is 22.6 Å². The lowest BCUT2D eigenvalue weighted by molar-refractivity contribution is -0.284. The first-order chi connectivity index (χ1) is 9.60. The lowest BCUT2D eigenvalue weighted by Crippen LogP contribution is -2.25. The van der Waals surface area contributed by atoms with Gasteiger partial charge < -0.3 is 29.6 Å². The van der Waals surface area contributed by atoms with Gasteiger partial charge in [0.25, 0.3) is 12.0 Å². The van der Waals surface area contributed by atoms with Crippen LogP contribution in [-0.2, 0) is 20.8 Å². The quantitative estimate of drug-likeness (QED) is 0.517. The van der Waals surface area contributed by atoms with Crippen LogP contribution in [-0.4, -0.2) is 36.0 Å². The summed E-state index contributed by atoms with van der Waals surface area (Å²) in [5, 5.41) is 9.29. The van der Waals surface area contributed by atoms with E-state index in [0.29, 0.717) is 32.8 Å². The topological polar surface area (TPSA) is 95.9 Å². The number of aryl methyl sites for hydroxylation is 1. The summed E-state index contributed by atoms with van der Waals surface area (Å²) in [5.41, 5.74) is 4.91. The highest BCUT2D eigenvalue weighted by Gasteiger charge is 2.08. The van der Waals surface area contributed by atoms with Gasteiger partial charge in [-0.3, -0.25) is 4.79 Å². The van der Waals surface area contributed by atoms with Crippen molar-refractivity contribution in [1.29, 1.82) is 0 Å². The van der Waals surface area contributed by atoms with E-state index in [-0.39, 0.29) is 11.4 Å². The number of nitrogens with zero attached hydrogens (tertiary/aromatic N) is 1. The second-order valence-corrected chi connectivity index (χ2v) is 4.04.